The maximum absolute atomic E-state index is 12.4. The summed E-state index contributed by atoms with van der Waals surface area (Å²) in [5, 5.41) is 5.63. The first-order chi connectivity index (χ1) is 14.6. The van der Waals surface area contributed by atoms with Crippen molar-refractivity contribution in [1.29, 1.82) is 0 Å². The minimum absolute atomic E-state index is 0.117. The Morgan fingerprint density at radius 1 is 1.20 bits per heavy atom. The van der Waals surface area contributed by atoms with E-state index in [0.29, 0.717) is 37.5 Å². The minimum atomic E-state index is -0.175. The smallest absolute Gasteiger partial charge is 0.321 e. The van der Waals surface area contributed by atoms with E-state index < -0.39 is 0 Å². The number of oxazole rings is 1. The second-order valence-electron chi connectivity index (χ2n) is 6.81. The van der Waals surface area contributed by atoms with Crippen LogP contribution < -0.4 is 20.3 Å². The summed E-state index contributed by atoms with van der Waals surface area (Å²) in [6.45, 7) is 1.69. The molecule has 0 atom stereocenters. The van der Waals surface area contributed by atoms with Gasteiger partial charge in [0, 0.05) is 42.9 Å². The maximum Gasteiger partial charge on any atom is 0.321 e. The van der Waals surface area contributed by atoms with Gasteiger partial charge in [-0.1, -0.05) is 0 Å². The van der Waals surface area contributed by atoms with Gasteiger partial charge < -0.3 is 19.8 Å². The topological polar surface area (TPSA) is 96.7 Å². The normalized spacial score (nSPS) is 13.2. The van der Waals surface area contributed by atoms with Crippen LogP contribution in [0.5, 0.6) is 5.75 Å². The van der Waals surface area contributed by atoms with Crippen molar-refractivity contribution in [2.75, 3.05) is 31.6 Å². The number of nitrogens with zero attached hydrogens (tertiary/aromatic N) is 2. The molecule has 154 valence electrons. The molecular weight excluding hydrogens is 384 g/mol. The number of methoxy groups -OCH3 is 1. The molecule has 2 heterocycles. The van der Waals surface area contributed by atoms with Gasteiger partial charge in [0.15, 0.2) is 0 Å². The first-order valence-corrected chi connectivity index (χ1v) is 9.66. The number of hydrogen-bond donors (Lipinski definition) is 2. The summed E-state index contributed by atoms with van der Waals surface area (Å²) in [5.74, 6) is 1.12. The summed E-state index contributed by atoms with van der Waals surface area (Å²) in [6, 6.07) is 14.3. The van der Waals surface area contributed by atoms with Gasteiger partial charge in [0.1, 0.15) is 12.0 Å². The summed E-state index contributed by atoms with van der Waals surface area (Å²) in [6.07, 6.45) is 2.15. The van der Waals surface area contributed by atoms with Crippen molar-refractivity contribution in [2.45, 2.75) is 6.42 Å². The van der Waals surface area contributed by atoms with Crippen LogP contribution in [0.4, 0.5) is 10.5 Å². The van der Waals surface area contributed by atoms with Gasteiger partial charge in [0.2, 0.25) is 5.89 Å². The van der Waals surface area contributed by atoms with Gasteiger partial charge in [-0.15, -0.1) is 0 Å². The van der Waals surface area contributed by atoms with Gasteiger partial charge in [-0.3, -0.25) is 9.69 Å². The van der Waals surface area contributed by atoms with Gasteiger partial charge >= 0.3 is 6.03 Å². The van der Waals surface area contributed by atoms with Crippen LogP contribution in [-0.2, 0) is 6.42 Å². The molecule has 8 heteroatoms. The van der Waals surface area contributed by atoms with Gasteiger partial charge in [-0.25, -0.2) is 9.78 Å². The number of amides is 3. The first-order valence-electron chi connectivity index (χ1n) is 9.66. The monoisotopic (exact) mass is 406 g/mol. The summed E-state index contributed by atoms with van der Waals surface area (Å²) >= 11 is 0. The minimum Gasteiger partial charge on any atom is -0.497 e. The van der Waals surface area contributed by atoms with Crippen LogP contribution >= 0.6 is 0 Å². The molecule has 3 amide bonds. The van der Waals surface area contributed by atoms with Crippen LogP contribution in [0.3, 0.4) is 0 Å². The molecule has 1 saturated heterocycles. The van der Waals surface area contributed by atoms with E-state index in [1.54, 1.807) is 42.5 Å². The van der Waals surface area contributed by atoms with Gasteiger partial charge in [0.05, 0.1) is 12.8 Å². The van der Waals surface area contributed by atoms with E-state index in [-0.39, 0.29) is 11.9 Å². The second kappa shape index (κ2) is 8.69. The predicted molar refractivity (Wildman–Crippen MR) is 112 cm³/mol. The molecule has 0 aliphatic carbocycles. The van der Waals surface area contributed by atoms with E-state index in [4.69, 9.17) is 9.15 Å². The molecule has 0 spiro atoms. The summed E-state index contributed by atoms with van der Waals surface area (Å²) in [4.78, 5) is 30.2. The Morgan fingerprint density at radius 3 is 2.63 bits per heavy atom. The van der Waals surface area contributed by atoms with Crippen molar-refractivity contribution in [3.05, 3.63) is 66.1 Å². The standard InChI is InChI=1S/C22H22N4O4/c1-29-19-8-4-16(5-9-19)21-25-17(14-30-21)10-11-23-20(27)15-2-6-18(7-3-15)26-13-12-24-22(26)28/h2-9,14H,10-13H2,1H3,(H,23,27)(H,24,28). The molecular formula is C22H22N4O4. The highest BCUT2D eigenvalue weighted by molar-refractivity contribution is 5.97. The maximum atomic E-state index is 12.4. The lowest BCUT2D eigenvalue weighted by Gasteiger charge is -2.14. The number of urea groups is 1. The van der Waals surface area contributed by atoms with Crippen molar-refractivity contribution in [3.63, 3.8) is 0 Å². The molecule has 1 aliphatic rings. The largest absolute Gasteiger partial charge is 0.497 e. The third kappa shape index (κ3) is 4.27. The summed E-state index contributed by atoms with van der Waals surface area (Å²) in [7, 11) is 1.62. The van der Waals surface area contributed by atoms with Crippen molar-refractivity contribution < 1.29 is 18.7 Å². The van der Waals surface area contributed by atoms with E-state index >= 15 is 0 Å². The number of aromatic nitrogens is 1. The van der Waals surface area contributed by atoms with Crippen molar-refractivity contribution in [1.82, 2.24) is 15.6 Å². The molecule has 4 rings (SSSR count). The zero-order valence-electron chi connectivity index (χ0n) is 16.6. The van der Waals surface area contributed by atoms with E-state index in [1.807, 2.05) is 24.3 Å². The Hall–Kier alpha value is -3.81. The predicted octanol–water partition coefficient (Wildman–Crippen LogP) is 2.85. The fraction of sp³-hybridized carbons (Fsp3) is 0.227. The molecule has 1 aromatic heterocycles. The molecule has 1 aliphatic heterocycles. The lowest BCUT2D eigenvalue weighted by Crippen LogP contribution is -2.28. The Balaban J connectivity index is 1.29. The molecule has 0 radical (unpaired) electrons. The Bertz CT molecular complexity index is 1030. The second-order valence-corrected chi connectivity index (χ2v) is 6.81. The highest BCUT2D eigenvalue weighted by Gasteiger charge is 2.21. The number of anilines is 1. The molecule has 3 aromatic rings. The van der Waals surface area contributed by atoms with Crippen LogP contribution in [0.2, 0.25) is 0 Å². The molecule has 2 aromatic carbocycles. The third-order valence-corrected chi connectivity index (χ3v) is 4.85. The molecule has 0 saturated carbocycles. The van der Waals surface area contributed by atoms with Crippen LogP contribution in [0.1, 0.15) is 16.1 Å². The highest BCUT2D eigenvalue weighted by Crippen LogP contribution is 2.22. The quantitative estimate of drug-likeness (QED) is 0.629. The van der Waals surface area contributed by atoms with Gasteiger partial charge in [-0.05, 0) is 48.5 Å². The lowest BCUT2D eigenvalue weighted by molar-refractivity contribution is 0.0954. The van der Waals surface area contributed by atoms with Crippen LogP contribution in [-0.4, -0.2) is 43.7 Å². The molecule has 2 N–H and O–H groups in total. The molecule has 8 nitrogen and oxygen atoms in total. The van der Waals surface area contributed by atoms with E-state index in [2.05, 4.69) is 15.6 Å². The summed E-state index contributed by atoms with van der Waals surface area (Å²) in [5.41, 5.74) is 2.93. The Kier molecular flexibility index (Phi) is 5.65. The van der Waals surface area contributed by atoms with Crippen molar-refractivity contribution in [2.24, 2.45) is 0 Å². The number of ether oxygens (including phenoxy) is 1. The Labute approximate surface area is 173 Å². The van der Waals surface area contributed by atoms with E-state index in [0.717, 1.165) is 22.7 Å². The fourth-order valence-electron chi connectivity index (χ4n) is 3.20. The molecule has 0 bridgehead atoms. The Morgan fingerprint density at radius 2 is 1.97 bits per heavy atom. The van der Waals surface area contributed by atoms with Crippen LogP contribution in [0.15, 0.2) is 59.2 Å². The zero-order chi connectivity index (χ0) is 20.9. The SMILES string of the molecule is COc1ccc(-c2nc(CCNC(=O)c3ccc(N4CCNC4=O)cc3)co2)cc1. The number of hydrogen-bond acceptors (Lipinski definition) is 5. The lowest BCUT2D eigenvalue weighted by atomic mass is 10.2. The number of benzene rings is 2. The zero-order valence-corrected chi connectivity index (χ0v) is 16.6. The number of carbonyl (C=O) groups excluding carboxylic acids is 2. The van der Waals surface area contributed by atoms with Crippen molar-refractivity contribution >= 4 is 17.6 Å². The van der Waals surface area contributed by atoms with Gasteiger partial charge in [0.25, 0.3) is 5.91 Å². The van der Waals surface area contributed by atoms with Crippen LogP contribution in [0.25, 0.3) is 11.5 Å². The fourth-order valence-corrected chi connectivity index (χ4v) is 3.20. The average molecular weight is 406 g/mol. The number of rotatable bonds is 7. The summed E-state index contributed by atoms with van der Waals surface area (Å²) < 4.78 is 10.7. The molecule has 0 unspecified atom stereocenters. The van der Waals surface area contributed by atoms with Crippen LogP contribution in [0, 0.1) is 0 Å². The highest BCUT2D eigenvalue weighted by atomic mass is 16.5. The molecule has 30 heavy (non-hydrogen) atoms. The van der Waals surface area contributed by atoms with E-state index in [1.165, 1.54) is 0 Å². The number of carbonyl (C=O) groups is 2. The molecule has 1 fully saturated rings. The van der Waals surface area contributed by atoms with Crippen molar-refractivity contribution in [3.8, 4) is 17.2 Å². The number of nitrogens with one attached hydrogen (secondary N) is 2. The van der Waals surface area contributed by atoms with E-state index in [9.17, 15) is 9.59 Å². The third-order valence-electron chi connectivity index (χ3n) is 4.85. The average Bonchev–Trinajstić information content (AvgIpc) is 3.43. The van der Waals surface area contributed by atoms with Gasteiger partial charge in [-0.2, -0.15) is 0 Å². The first kappa shape index (κ1) is 19.5.